The van der Waals surface area contributed by atoms with Crippen molar-refractivity contribution in [2.24, 2.45) is 0 Å². The molecule has 0 saturated heterocycles. The predicted octanol–water partition coefficient (Wildman–Crippen LogP) is 3.65. The van der Waals surface area contributed by atoms with Gasteiger partial charge in [0.1, 0.15) is 5.82 Å². The first-order valence-corrected chi connectivity index (χ1v) is 7.91. The Balaban J connectivity index is 1.67. The first kappa shape index (κ1) is 15.4. The maximum atomic E-state index is 12.2. The lowest BCUT2D eigenvalue weighted by Crippen LogP contribution is -2.13. The summed E-state index contributed by atoms with van der Waals surface area (Å²) in [6.45, 7) is 2.55. The molecule has 6 heteroatoms. The van der Waals surface area contributed by atoms with Crippen LogP contribution in [0, 0.1) is 6.92 Å². The van der Waals surface area contributed by atoms with Gasteiger partial charge in [-0.05, 0) is 52.7 Å². The molecule has 23 heavy (non-hydrogen) atoms. The van der Waals surface area contributed by atoms with Gasteiger partial charge in [0.05, 0.1) is 17.2 Å². The molecule has 2 aromatic heterocycles. The van der Waals surface area contributed by atoms with Crippen molar-refractivity contribution in [3.63, 3.8) is 0 Å². The summed E-state index contributed by atoms with van der Waals surface area (Å²) in [5.74, 6) is 0.386. The van der Waals surface area contributed by atoms with Crippen LogP contribution in [0.1, 0.15) is 21.6 Å². The van der Waals surface area contributed by atoms with E-state index in [-0.39, 0.29) is 5.91 Å². The van der Waals surface area contributed by atoms with Crippen LogP contribution < -0.4 is 5.32 Å². The van der Waals surface area contributed by atoms with Crippen molar-refractivity contribution in [3.05, 3.63) is 76.2 Å². The summed E-state index contributed by atoms with van der Waals surface area (Å²) in [6.07, 6.45) is 3.65. The van der Waals surface area contributed by atoms with Gasteiger partial charge in [0.2, 0.25) is 0 Å². The van der Waals surface area contributed by atoms with E-state index < -0.39 is 0 Å². The third-order valence-electron chi connectivity index (χ3n) is 3.29. The summed E-state index contributed by atoms with van der Waals surface area (Å²) in [5, 5.41) is 7.01. The largest absolute Gasteiger partial charge is 0.307 e. The molecule has 0 aliphatic heterocycles. The number of amides is 1. The zero-order valence-corrected chi connectivity index (χ0v) is 14.1. The van der Waals surface area contributed by atoms with E-state index in [1.54, 1.807) is 24.4 Å². The zero-order valence-electron chi connectivity index (χ0n) is 12.5. The molecule has 0 atom stereocenters. The standard InChI is InChI=1S/C17H15BrN4O/c1-12-3-2-4-16(20-12)21-17(23)14-7-5-13(6-8-14)10-22-11-15(18)9-19-22/h2-9,11H,10H2,1H3,(H,20,21,23). The molecular formula is C17H15BrN4O. The van der Waals surface area contributed by atoms with Gasteiger partial charge in [-0.3, -0.25) is 9.48 Å². The molecule has 1 aromatic carbocycles. The van der Waals surface area contributed by atoms with E-state index >= 15 is 0 Å². The van der Waals surface area contributed by atoms with Gasteiger partial charge in [0.15, 0.2) is 0 Å². The lowest BCUT2D eigenvalue weighted by atomic mass is 10.1. The van der Waals surface area contributed by atoms with Crippen LogP contribution in [0.3, 0.4) is 0 Å². The van der Waals surface area contributed by atoms with E-state index in [0.717, 1.165) is 15.7 Å². The number of anilines is 1. The Bertz CT molecular complexity index is 827. The maximum Gasteiger partial charge on any atom is 0.256 e. The highest BCUT2D eigenvalue weighted by atomic mass is 79.9. The van der Waals surface area contributed by atoms with E-state index in [1.165, 1.54) is 0 Å². The molecule has 1 amide bonds. The van der Waals surface area contributed by atoms with Crippen LogP contribution in [0.15, 0.2) is 59.3 Å². The Morgan fingerprint density at radius 1 is 1.22 bits per heavy atom. The van der Waals surface area contributed by atoms with Crippen LogP contribution in [0.4, 0.5) is 5.82 Å². The Hall–Kier alpha value is -2.47. The van der Waals surface area contributed by atoms with Crippen LogP contribution in [0.25, 0.3) is 0 Å². The van der Waals surface area contributed by atoms with Gasteiger partial charge in [-0.15, -0.1) is 0 Å². The highest BCUT2D eigenvalue weighted by Crippen LogP contribution is 2.11. The number of carbonyl (C=O) groups is 1. The zero-order chi connectivity index (χ0) is 16.2. The van der Waals surface area contributed by atoms with Gasteiger partial charge in [0.25, 0.3) is 5.91 Å². The fourth-order valence-electron chi connectivity index (χ4n) is 2.17. The fraction of sp³-hybridized carbons (Fsp3) is 0.118. The number of nitrogens with one attached hydrogen (secondary N) is 1. The van der Waals surface area contributed by atoms with Crippen LogP contribution in [-0.4, -0.2) is 20.7 Å². The number of rotatable bonds is 4. The minimum Gasteiger partial charge on any atom is -0.307 e. The third kappa shape index (κ3) is 4.04. The molecule has 0 spiro atoms. The Kier molecular flexibility index (Phi) is 4.52. The summed E-state index contributed by atoms with van der Waals surface area (Å²) in [7, 11) is 0. The highest BCUT2D eigenvalue weighted by molar-refractivity contribution is 9.10. The minimum atomic E-state index is -0.170. The van der Waals surface area contributed by atoms with Gasteiger partial charge >= 0.3 is 0 Å². The number of hydrogen-bond donors (Lipinski definition) is 1. The topological polar surface area (TPSA) is 59.8 Å². The average molecular weight is 371 g/mol. The van der Waals surface area contributed by atoms with Gasteiger partial charge in [-0.25, -0.2) is 4.98 Å². The molecule has 116 valence electrons. The lowest BCUT2D eigenvalue weighted by molar-refractivity contribution is 0.102. The molecule has 0 radical (unpaired) electrons. The number of halogens is 1. The van der Waals surface area contributed by atoms with E-state index in [9.17, 15) is 4.79 Å². The molecule has 0 bridgehead atoms. The molecule has 0 aliphatic rings. The second-order valence-corrected chi connectivity index (χ2v) is 6.09. The molecule has 3 aromatic rings. The van der Waals surface area contributed by atoms with Gasteiger partial charge in [-0.1, -0.05) is 18.2 Å². The highest BCUT2D eigenvalue weighted by Gasteiger charge is 2.07. The summed E-state index contributed by atoms with van der Waals surface area (Å²) in [6, 6.07) is 13.0. The van der Waals surface area contributed by atoms with Crippen molar-refractivity contribution < 1.29 is 4.79 Å². The van der Waals surface area contributed by atoms with Gasteiger partial charge in [-0.2, -0.15) is 5.10 Å². The summed E-state index contributed by atoms with van der Waals surface area (Å²) in [5.41, 5.74) is 2.54. The monoisotopic (exact) mass is 370 g/mol. The molecule has 0 saturated carbocycles. The van der Waals surface area contributed by atoms with E-state index in [2.05, 4.69) is 31.3 Å². The molecule has 2 heterocycles. The van der Waals surface area contributed by atoms with E-state index in [0.29, 0.717) is 17.9 Å². The second-order valence-electron chi connectivity index (χ2n) is 5.17. The first-order chi connectivity index (χ1) is 11.1. The number of benzene rings is 1. The van der Waals surface area contributed by atoms with Crippen molar-refractivity contribution in [1.82, 2.24) is 14.8 Å². The van der Waals surface area contributed by atoms with Crippen LogP contribution in [-0.2, 0) is 6.54 Å². The van der Waals surface area contributed by atoms with Gasteiger partial charge in [0, 0.05) is 17.5 Å². The van der Waals surface area contributed by atoms with Crippen molar-refractivity contribution in [2.75, 3.05) is 5.32 Å². The van der Waals surface area contributed by atoms with Gasteiger partial charge < -0.3 is 5.32 Å². The number of aromatic nitrogens is 3. The SMILES string of the molecule is Cc1cccc(NC(=O)c2ccc(Cn3cc(Br)cn3)cc2)n1. The molecule has 3 rings (SSSR count). The van der Waals surface area contributed by atoms with E-state index in [4.69, 9.17) is 0 Å². The van der Waals surface area contributed by atoms with Crippen molar-refractivity contribution >= 4 is 27.7 Å². The first-order valence-electron chi connectivity index (χ1n) is 7.12. The quantitative estimate of drug-likeness (QED) is 0.762. The number of nitrogens with zero attached hydrogens (tertiary/aromatic N) is 3. The summed E-state index contributed by atoms with van der Waals surface area (Å²) in [4.78, 5) is 16.5. The maximum absolute atomic E-state index is 12.2. The number of hydrogen-bond acceptors (Lipinski definition) is 3. The second kappa shape index (κ2) is 6.75. The van der Waals surface area contributed by atoms with Crippen molar-refractivity contribution in [2.45, 2.75) is 13.5 Å². The predicted molar refractivity (Wildman–Crippen MR) is 92.4 cm³/mol. The van der Waals surface area contributed by atoms with E-state index in [1.807, 2.05) is 42.1 Å². The van der Waals surface area contributed by atoms with Crippen molar-refractivity contribution in [1.29, 1.82) is 0 Å². The fourth-order valence-corrected chi connectivity index (χ4v) is 2.50. The molecule has 0 unspecified atom stereocenters. The minimum absolute atomic E-state index is 0.170. The lowest BCUT2D eigenvalue weighted by Gasteiger charge is -2.06. The van der Waals surface area contributed by atoms with Crippen LogP contribution in [0.2, 0.25) is 0 Å². The summed E-state index contributed by atoms with van der Waals surface area (Å²) >= 11 is 3.37. The number of carbonyl (C=O) groups excluding carboxylic acids is 1. The van der Waals surface area contributed by atoms with Crippen molar-refractivity contribution in [3.8, 4) is 0 Å². The molecule has 0 aliphatic carbocycles. The normalized spacial score (nSPS) is 10.5. The molecule has 0 fully saturated rings. The Morgan fingerprint density at radius 2 is 2.00 bits per heavy atom. The van der Waals surface area contributed by atoms with Crippen LogP contribution >= 0.6 is 15.9 Å². The molecule has 5 nitrogen and oxygen atoms in total. The summed E-state index contributed by atoms with van der Waals surface area (Å²) < 4.78 is 2.77. The number of aryl methyl sites for hydroxylation is 1. The average Bonchev–Trinajstić information content (AvgIpc) is 2.93. The smallest absolute Gasteiger partial charge is 0.256 e. The molecule has 1 N–H and O–H groups in total. The Morgan fingerprint density at radius 3 is 2.65 bits per heavy atom. The third-order valence-corrected chi connectivity index (χ3v) is 3.70. The van der Waals surface area contributed by atoms with Crippen LogP contribution in [0.5, 0.6) is 0 Å². The number of pyridine rings is 1. The molecular weight excluding hydrogens is 356 g/mol. The Labute approximate surface area is 142 Å².